The number of ether oxygens (including phenoxy) is 6. The molecule has 2 heterocycles. The summed E-state index contributed by atoms with van der Waals surface area (Å²) in [4.78, 5) is 29.5. The van der Waals surface area contributed by atoms with Crippen molar-refractivity contribution in [1.82, 2.24) is 15.6 Å². The number of benzene rings is 4. The number of aromatic nitrogens is 1. The van der Waals surface area contributed by atoms with Crippen molar-refractivity contribution in [3.05, 3.63) is 102 Å². The summed E-state index contributed by atoms with van der Waals surface area (Å²) in [5.74, 6) is -0.408. The Bertz CT molecular complexity index is 1930. The molecule has 13 nitrogen and oxygen atoms in total. The smallest absolute Gasteiger partial charge is 0.269 e. The molecule has 5 aromatic rings. The van der Waals surface area contributed by atoms with E-state index in [9.17, 15) is 19.8 Å². The molecule has 0 radical (unpaired) electrons. The first-order valence-corrected chi connectivity index (χ1v) is 16.7. The van der Waals surface area contributed by atoms with Crippen LogP contribution in [0.15, 0.2) is 91.0 Å². The van der Waals surface area contributed by atoms with Gasteiger partial charge in [0.05, 0.1) is 26.4 Å². The summed E-state index contributed by atoms with van der Waals surface area (Å²) in [6.07, 6.45) is 0. The molecule has 4 aromatic carbocycles. The molecule has 0 spiro atoms. The van der Waals surface area contributed by atoms with Gasteiger partial charge in [0.1, 0.15) is 37.8 Å². The molecule has 0 unspecified atom stereocenters. The lowest BCUT2D eigenvalue weighted by Crippen LogP contribution is -2.31. The summed E-state index contributed by atoms with van der Waals surface area (Å²) >= 11 is 0. The fourth-order valence-electron chi connectivity index (χ4n) is 5.43. The number of aromatic hydroxyl groups is 2. The molecule has 0 aliphatic carbocycles. The van der Waals surface area contributed by atoms with Crippen molar-refractivity contribution in [1.29, 1.82) is 0 Å². The molecule has 1 aliphatic rings. The van der Waals surface area contributed by atoms with Crippen molar-refractivity contribution in [3.63, 3.8) is 0 Å². The number of carbonyl (C=O) groups excluding carboxylic acids is 2. The molecule has 6 bridgehead atoms. The average molecular weight is 710 g/mol. The molecule has 1 aliphatic heterocycles. The molecule has 4 N–H and O–H groups in total. The second-order valence-corrected chi connectivity index (χ2v) is 11.7. The van der Waals surface area contributed by atoms with Crippen LogP contribution in [0.2, 0.25) is 0 Å². The van der Waals surface area contributed by atoms with Crippen molar-refractivity contribution in [2.75, 3.05) is 65.9 Å². The van der Waals surface area contributed by atoms with E-state index in [4.69, 9.17) is 28.4 Å². The Morgan fingerprint density at radius 1 is 0.577 bits per heavy atom. The number of amides is 2. The van der Waals surface area contributed by atoms with Gasteiger partial charge in [0.2, 0.25) is 11.5 Å². The zero-order valence-electron chi connectivity index (χ0n) is 28.4. The van der Waals surface area contributed by atoms with Gasteiger partial charge in [0.25, 0.3) is 11.8 Å². The van der Waals surface area contributed by atoms with E-state index < -0.39 is 11.8 Å². The zero-order chi connectivity index (χ0) is 36.3. The maximum Gasteiger partial charge on any atom is 0.269 e. The Morgan fingerprint density at radius 2 is 1.04 bits per heavy atom. The maximum atomic E-state index is 12.7. The summed E-state index contributed by atoms with van der Waals surface area (Å²) in [6.45, 7) is 5.47. The highest BCUT2D eigenvalue weighted by atomic mass is 16.5. The molecule has 0 saturated carbocycles. The average Bonchev–Trinajstić information content (AvgIpc) is 3.16. The molecule has 0 fully saturated rings. The fraction of sp³-hybridized carbons (Fsp3) is 0.256. The van der Waals surface area contributed by atoms with Crippen LogP contribution in [-0.4, -0.2) is 93.0 Å². The van der Waals surface area contributed by atoms with E-state index in [0.29, 0.717) is 16.3 Å². The molecule has 0 saturated heterocycles. The van der Waals surface area contributed by atoms with Gasteiger partial charge in [-0.05, 0) is 40.6 Å². The largest absolute Gasteiger partial charge is 0.502 e. The molecular formula is C39H39N3O10. The predicted octanol–water partition coefficient (Wildman–Crippen LogP) is 4.78. The van der Waals surface area contributed by atoms with Gasteiger partial charge < -0.3 is 49.3 Å². The van der Waals surface area contributed by atoms with E-state index in [1.54, 1.807) is 18.2 Å². The van der Waals surface area contributed by atoms with Gasteiger partial charge in [0, 0.05) is 23.9 Å². The lowest BCUT2D eigenvalue weighted by Gasteiger charge is -2.18. The number of phenolic OH excluding ortho intramolecular Hbond substituents is 2. The normalized spacial score (nSPS) is 16.0. The van der Waals surface area contributed by atoms with Gasteiger partial charge in [-0.2, -0.15) is 0 Å². The van der Waals surface area contributed by atoms with Crippen molar-refractivity contribution in [2.45, 2.75) is 0 Å². The Balaban J connectivity index is 1.19. The topological polar surface area (TPSA) is 167 Å². The standard InChI is InChI=1S/C39H39N3O10/c1-25-23-51-36-28-9-4-2-7-26(28)21-32(34(36)43)49-19-17-47-15-13-40-38(45)30-11-6-12-31(42-30)39(46)41-14-16-48-18-20-50-33-22-27-8-3-5-10-29(27)37(35(33)44)52-24-25/h2-12,21-22,43-44H,1,13-20,23-24H2,(H,40,45)(H,41,46). The van der Waals surface area contributed by atoms with Crippen molar-refractivity contribution in [3.8, 4) is 34.5 Å². The van der Waals surface area contributed by atoms with Crippen molar-refractivity contribution >= 4 is 33.4 Å². The summed E-state index contributed by atoms with van der Waals surface area (Å²) in [5.41, 5.74) is 0.708. The van der Waals surface area contributed by atoms with E-state index in [2.05, 4.69) is 22.2 Å². The Kier molecular flexibility index (Phi) is 11.9. The summed E-state index contributed by atoms with van der Waals surface area (Å²) in [7, 11) is 0. The van der Waals surface area contributed by atoms with Crippen LogP contribution in [0.1, 0.15) is 21.0 Å². The monoisotopic (exact) mass is 709 g/mol. The third-order valence-electron chi connectivity index (χ3n) is 7.97. The van der Waals surface area contributed by atoms with Crippen LogP contribution in [0.3, 0.4) is 0 Å². The molecule has 6 rings (SSSR count). The third kappa shape index (κ3) is 8.81. The lowest BCUT2D eigenvalue weighted by molar-refractivity contribution is 0.0854. The van der Waals surface area contributed by atoms with Crippen LogP contribution in [0.5, 0.6) is 34.5 Å². The number of rotatable bonds is 0. The van der Waals surface area contributed by atoms with Crippen LogP contribution in [0.25, 0.3) is 21.5 Å². The summed E-state index contributed by atoms with van der Waals surface area (Å²) < 4.78 is 35.1. The first kappa shape index (κ1) is 35.8. The first-order chi connectivity index (χ1) is 25.4. The predicted molar refractivity (Wildman–Crippen MR) is 193 cm³/mol. The molecule has 52 heavy (non-hydrogen) atoms. The number of fused-ring (bicyclic) bond motifs is 10. The van der Waals surface area contributed by atoms with E-state index in [1.807, 2.05) is 48.5 Å². The maximum absolute atomic E-state index is 12.7. The fourth-order valence-corrected chi connectivity index (χ4v) is 5.43. The van der Waals surface area contributed by atoms with E-state index in [-0.39, 0.29) is 112 Å². The number of nitrogens with zero attached hydrogens (tertiary/aromatic N) is 1. The van der Waals surface area contributed by atoms with Crippen molar-refractivity contribution in [2.24, 2.45) is 0 Å². The minimum absolute atomic E-state index is 0.00231. The first-order valence-electron chi connectivity index (χ1n) is 16.7. The van der Waals surface area contributed by atoms with Gasteiger partial charge in [-0.1, -0.05) is 61.2 Å². The van der Waals surface area contributed by atoms with Gasteiger partial charge in [-0.15, -0.1) is 0 Å². The number of phenols is 2. The summed E-state index contributed by atoms with van der Waals surface area (Å²) in [6, 6.07) is 22.9. The van der Waals surface area contributed by atoms with Crippen LogP contribution in [0, 0.1) is 0 Å². The second kappa shape index (κ2) is 17.2. The summed E-state index contributed by atoms with van der Waals surface area (Å²) in [5, 5.41) is 30.7. The number of carbonyl (C=O) groups is 2. The molecular weight excluding hydrogens is 670 g/mol. The van der Waals surface area contributed by atoms with Gasteiger partial charge in [-0.3, -0.25) is 9.59 Å². The number of pyridine rings is 1. The minimum Gasteiger partial charge on any atom is -0.502 e. The van der Waals surface area contributed by atoms with E-state index in [0.717, 1.165) is 10.8 Å². The Morgan fingerprint density at radius 3 is 1.52 bits per heavy atom. The molecule has 0 atom stereocenters. The molecule has 270 valence electrons. The van der Waals surface area contributed by atoms with Crippen LogP contribution in [0.4, 0.5) is 0 Å². The lowest BCUT2D eigenvalue weighted by atomic mass is 10.1. The van der Waals surface area contributed by atoms with Gasteiger partial charge in [0.15, 0.2) is 23.0 Å². The molecule has 13 heteroatoms. The van der Waals surface area contributed by atoms with Gasteiger partial charge in [-0.25, -0.2) is 4.98 Å². The van der Waals surface area contributed by atoms with E-state index in [1.165, 1.54) is 12.1 Å². The SMILES string of the molecule is C=C1COc2c(O)c(cc3ccccc23)OCCOCCNC(=O)c2cccc(n2)C(=O)NCCOCCOc2cc3ccccc3c(c2O)OC1. The van der Waals surface area contributed by atoms with E-state index >= 15 is 0 Å². The quantitative estimate of drug-likeness (QED) is 0.164. The number of nitrogens with one attached hydrogen (secondary N) is 2. The Hall–Kier alpha value is -6.05. The van der Waals surface area contributed by atoms with Crippen LogP contribution in [-0.2, 0) is 9.47 Å². The van der Waals surface area contributed by atoms with Crippen LogP contribution >= 0.6 is 0 Å². The zero-order valence-corrected chi connectivity index (χ0v) is 28.4. The second-order valence-electron chi connectivity index (χ2n) is 11.7. The minimum atomic E-state index is -0.454. The van der Waals surface area contributed by atoms with Crippen molar-refractivity contribution < 1.29 is 48.2 Å². The molecule has 2 amide bonds. The third-order valence-corrected chi connectivity index (χ3v) is 7.97. The van der Waals surface area contributed by atoms with Gasteiger partial charge >= 0.3 is 0 Å². The number of hydrogen-bond donors (Lipinski definition) is 4. The van der Waals surface area contributed by atoms with Crippen LogP contribution < -0.4 is 29.6 Å². The number of hydrogen-bond acceptors (Lipinski definition) is 11. The highest BCUT2D eigenvalue weighted by molar-refractivity contribution is 5.96. The molecule has 1 aromatic heterocycles. The highest BCUT2D eigenvalue weighted by Crippen LogP contribution is 2.44. The highest BCUT2D eigenvalue weighted by Gasteiger charge is 2.19. The Labute approximate surface area is 299 Å².